The maximum absolute atomic E-state index is 12.5. The van der Waals surface area contributed by atoms with Crippen molar-refractivity contribution in [3.63, 3.8) is 0 Å². The zero-order valence-electron chi connectivity index (χ0n) is 15.8. The Morgan fingerprint density at radius 2 is 1.79 bits per heavy atom. The molecule has 1 aliphatic heterocycles. The average molecular weight is 471 g/mol. The van der Waals surface area contributed by atoms with Crippen LogP contribution in [-0.2, 0) is 4.74 Å². The predicted molar refractivity (Wildman–Crippen MR) is 111 cm³/mol. The van der Waals surface area contributed by atoms with Gasteiger partial charge in [0.1, 0.15) is 10.8 Å². The number of aromatic nitrogens is 2. The fourth-order valence-corrected chi connectivity index (χ4v) is 3.30. The van der Waals surface area contributed by atoms with Gasteiger partial charge in [0.05, 0.1) is 5.52 Å². The van der Waals surface area contributed by atoms with E-state index in [9.17, 15) is 9.59 Å². The Kier molecular flexibility index (Phi) is 5.95. The molecule has 1 aromatic carbocycles. The summed E-state index contributed by atoms with van der Waals surface area (Å²) in [5, 5.41) is 3.63. The summed E-state index contributed by atoms with van der Waals surface area (Å²) in [6.07, 6.45) is -0.372. The largest absolute Gasteiger partial charge is 0.444 e. The van der Waals surface area contributed by atoms with Gasteiger partial charge < -0.3 is 14.5 Å². The summed E-state index contributed by atoms with van der Waals surface area (Å²) in [5.41, 5.74) is 0.0849. The second kappa shape index (κ2) is 8.08. The van der Waals surface area contributed by atoms with Crippen molar-refractivity contribution in [2.24, 2.45) is 0 Å². The van der Waals surface area contributed by atoms with Gasteiger partial charge in [-0.1, -0.05) is 27.5 Å². The number of ether oxygens (including phenoxy) is 1. The van der Waals surface area contributed by atoms with E-state index >= 15 is 0 Å². The van der Waals surface area contributed by atoms with E-state index in [1.54, 1.807) is 15.9 Å². The molecule has 10 heteroatoms. The maximum Gasteiger partial charge on any atom is 0.410 e. The normalized spacial score (nSPS) is 14.9. The number of carbonyl (C=O) groups excluding carboxylic acids is 2. The zero-order valence-corrected chi connectivity index (χ0v) is 18.2. The lowest BCUT2D eigenvalue weighted by atomic mass is 10.2. The van der Waals surface area contributed by atoms with Crippen molar-refractivity contribution in [3.05, 3.63) is 27.8 Å². The van der Waals surface area contributed by atoms with Crippen molar-refractivity contribution < 1.29 is 14.3 Å². The summed E-state index contributed by atoms with van der Waals surface area (Å²) in [6, 6.07) is 5.12. The topological polar surface area (TPSA) is 87.7 Å². The van der Waals surface area contributed by atoms with Gasteiger partial charge in [-0.15, -0.1) is 0 Å². The van der Waals surface area contributed by atoms with Gasteiger partial charge >= 0.3 is 12.1 Å². The molecule has 1 aliphatic rings. The van der Waals surface area contributed by atoms with E-state index in [-0.39, 0.29) is 23.2 Å². The highest BCUT2D eigenvalue weighted by molar-refractivity contribution is 9.10. The molecule has 8 nitrogen and oxygen atoms in total. The molecule has 0 unspecified atom stereocenters. The highest BCUT2D eigenvalue weighted by atomic mass is 79.9. The first-order valence-corrected chi connectivity index (χ1v) is 9.96. The second-order valence-electron chi connectivity index (χ2n) is 7.38. The molecule has 3 amide bonds. The van der Waals surface area contributed by atoms with E-state index in [1.165, 1.54) is 0 Å². The van der Waals surface area contributed by atoms with Crippen LogP contribution in [0, 0.1) is 0 Å². The van der Waals surface area contributed by atoms with Crippen LogP contribution in [0.15, 0.2) is 22.7 Å². The molecule has 0 atom stereocenters. The first-order chi connectivity index (χ1) is 13.1. The van der Waals surface area contributed by atoms with Crippen molar-refractivity contribution in [1.29, 1.82) is 0 Å². The number of halogens is 2. The molecular formula is C18H21BrClN5O3. The van der Waals surface area contributed by atoms with E-state index in [4.69, 9.17) is 16.3 Å². The molecule has 150 valence electrons. The van der Waals surface area contributed by atoms with Gasteiger partial charge in [-0.25, -0.2) is 19.6 Å². The molecule has 0 radical (unpaired) electrons. The van der Waals surface area contributed by atoms with Gasteiger partial charge in [0.25, 0.3) is 0 Å². The van der Waals surface area contributed by atoms with Gasteiger partial charge in [-0.2, -0.15) is 0 Å². The van der Waals surface area contributed by atoms with E-state index in [1.807, 2.05) is 32.9 Å². The van der Waals surface area contributed by atoms with Crippen molar-refractivity contribution in [2.75, 3.05) is 31.5 Å². The Morgan fingerprint density at radius 3 is 2.43 bits per heavy atom. The molecule has 1 N–H and O–H groups in total. The first kappa shape index (κ1) is 20.6. The lowest BCUT2D eigenvalue weighted by Crippen LogP contribution is -2.52. The van der Waals surface area contributed by atoms with Crippen LogP contribution in [0.5, 0.6) is 0 Å². The van der Waals surface area contributed by atoms with Crippen LogP contribution >= 0.6 is 27.5 Å². The van der Waals surface area contributed by atoms with Crippen LogP contribution in [0.3, 0.4) is 0 Å². The molecule has 2 heterocycles. The third-order valence-electron chi connectivity index (χ3n) is 4.05. The fraction of sp³-hybridized carbons (Fsp3) is 0.444. The quantitative estimate of drug-likeness (QED) is 0.633. The summed E-state index contributed by atoms with van der Waals surface area (Å²) >= 11 is 9.60. The van der Waals surface area contributed by atoms with Gasteiger partial charge in [0.2, 0.25) is 5.95 Å². The molecule has 0 bridgehead atoms. The highest BCUT2D eigenvalue weighted by Crippen LogP contribution is 2.25. The number of nitrogens with zero attached hydrogens (tertiary/aromatic N) is 4. The monoisotopic (exact) mass is 469 g/mol. The Labute approximate surface area is 176 Å². The Morgan fingerprint density at radius 1 is 1.14 bits per heavy atom. The van der Waals surface area contributed by atoms with Gasteiger partial charge in [-0.05, 0) is 39.0 Å². The smallest absolute Gasteiger partial charge is 0.410 e. The van der Waals surface area contributed by atoms with E-state index in [0.29, 0.717) is 37.1 Å². The lowest BCUT2D eigenvalue weighted by Gasteiger charge is -2.35. The third-order valence-corrected chi connectivity index (χ3v) is 4.83. The van der Waals surface area contributed by atoms with E-state index < -0.39 is 5.60 Å². The molecule has 3 rings (SSSR count). The predicted octanol–water partition coefficient (Wildman–Crippen LogP) is 4.13. The lowest BCUT2D eigenvalue weighted by molar-refractivity contribution is 0.0174. The van der Waals surface area contributed by atoms with Crippen LogP contribution in [0.1, 0.15) is 20.8 Å². The Hall–Kier alpha value is -2.13. The molecule has 1 aromatic heterocycles. The number of anilines is 1. The molecule has 1 fully saturated rings. The van der Waals surface area contributed by atoms with Gasteiger partial charge in [0, 0.05) is 36.0 Å². The molecule has 1 saturated heterocycles. The molecule has 28 heavy (non-hydrogen) atoms. The first-order valence-electron chi connectivity index (χ1n) is 8.79. The average Bonchev–Trinajstić information content (AvgIpc) is 2.61. The van der Waals surface area contributed by atoms with Gasteiger partial charge in [-0.3, -0.25) is 5.32 Å². The van der Waals surface area contributed by atoms with Crippen LogP contribution in [0.4, 0.5) is 15.5 Å². The number of nitrogens with one attached hydrogen (secondary N) is 1. The van der Waals surface area contributed by atoms with Gasteiger partial charge in [0.15, 0.2) is 0 Å². The summed E-state index contributed by atoms with van der Waals surface area (Å²) in [6.45, 7) is 7.04. The van der Waals surface area contributed by atoms with Crippen molar-refractivity contribution in [3.8, 4) is 0 Å². The maximum atomic E-state index is 12.5. The summed E-state index contributed by atoms with van der Waals surface area (Å²) in [5.74, 6) is 0.138. The standard InChI is InChI=1S/C18H21BrClN5O3/c1-18(2,3)28-17(27)25-8-6-24(7-9-25)16(26)23-15-21-13-5-4-11(19)10-12(13)14(20)22-15/h4-5,10H,6-9H2,1-3H3,(H,21,22,23,26). The molecule has 2 aromatic rings. The zero-order chi connectivity index (χ0) is 20.5. The molecular weight excluding hydrogens is 450 g/mol. The minimum atomic E-state index is -0.548. The third kappa shape index (κ3) is 5.02. The SMILES string of the molecule is CC(C)(C)OC(=O)N1CCN(C(=O)Nc2nc(Cl)c3cc(Br)ccc3n2)CC1. The second-order valence-corrected chi connectivity index (χ2v) is 8.66. The minimum Gasteiger partial charge on any atom is -0.444 e. The number of fused-ring (bicyclic) bond motifs is 1. The molecule has 0 aliphatic carbocycles. The Balaban J connectivity index is 1.61. The number of benzene rings is 1. The number of carbonyl (C=O) groups is 2. The minimum absolute atomic E-state index is 0.138. The number of amides is 3. The number of hydrogen-bond donors (Lipinski definition) is 1. The van der Waals surface area contributed by atoms with Crippen molar-refractivity contribution in [1.82, 2.24) is 19.8 Å². The van der Waals surface area contributed by atoms with Crippen LogP contribution in [0.25, 0.3) is 10.9 Å². The van der Waals surface area contributed by atoms with Crippen molar-refractivity contribution in [2.45, 2.75) is 26.4 Å². The number of hydrogen-bond acceptors (Lipinski definition) is 5. The van der Waals surface area contributed by atoms with Crippen molar-refractivity contribution >= 4 is 56.5 Å². The summed E-state index contributed by atoms with van der Waals surface area (Å²) < 4.78 is 6.23. The summed E-state index contributed by atoms with van der Waals surface area (Å²) in [7, 11) is 0. The molecule has 0 spiro atoms. The Bertz CT molecular complexity index is 910. The number of piperazine rings is 1. The van der Waals surface area contributed by atoms with E-state index in [2.05, 4.69) is 31.2 Å². The van der Waals surface area contributed by atoms with Crippen LogP contribution in [0.2, 0.25) is 5.15 Å². The number of rotatable bonds is 1. The van der Waals surface area contributed by atoms with Crippen LogP contribution < -0.4 is 5.32 Å². The summed E-state index contributed by atoms with van der Waals surface area (Å²) in [4.78, 5) is 36.3. The van der Waals surface area contributed by atoms with Crippen LogP contribution in [-0.4, -0.2) is 63.7 Å². The highest BCUT2D eigenvalue weighted by Gasteiger charge is 2.28. The molecule has 0 saturated carbocycles. The number of urea groups is 1. The van der Waals surface area contributed by atoms with E-state index in [0.717, 1.165) is 4.47 Å². The fourth-order valence-electron chi connectivity index (χ4n) is 2.71.